The maximum absolute atomic E-state index is 13.0. The molecule has 0 amide bonds. The van der Waals surface area contributed by atoms with Crippen LogP contribution in [0.2, 0.25) is 10.0 Å². The summed E-state index contributed by atoms with van der Waals surface area (Å²) >= 11 is 12.4. The third kappa shape index (κ3) is 12.9. The van der Waals surface area contributed by atoms with E-state index >= 15 is 0 Å². The molecule has 12 nitrogen and oxygen atoms in total. The number of rotatable bonds is 15. The Balaban J connectivity index is 0.000000228. The van der Waals surface area contributed by atoms with E-state index in [0.29, 0.717) is 45.0 Å². The Kier molecular flexibility index (Phi) is 15.2. The Bertz CT molecular complexity index is 2630. The Hall–Kier alpha value is -5.62. The molecule has 6 aromatic rings. The monoisotopic (exact) mass is 898 g/mol. The lowest BCUT2D eigenvalue weighted by Gasteiger charge is -2.24. The van der Waals surface area contributed by atoms with Gasteiger partial charge in [0.15, 0.2) is 0 Å². The predicted molar refractivity (Wildman–Crippen MR) is 230 cm³/mol. The molecule has 18 heteroatoms. The molecule has 0 saturated heterocycles. The molecule has 0 bridgehead atoms. The lowest BCUT2D eigenvalue weighted by molar-refractivity contribution is 0.102. The van der Waals surface area contributed by atoms with Gasteiger partial charge >= 0.3 is 0 Å². The average Bonchev–Trinajstić information content (AvgIpc) is 3.20. The van der Waals surface area contributed by atoms with E-state index in [9.17, 15) is 30.7 Å². The zero-order valence-corrected chi connectivity index (χ0v) is 35.1. The van der Waals surface area contributed by atoms with Crippen molar-refractivity contribution in [3.05, 3.63) is 156 Å². The van der Waals surface area contributed by atoms with Crippen LogP contribution in [-0.4, -0.2) is 75.3 Å². The van der Waals surface area contributed by atoms with E-state index in [1.807, 2.05) is 0 Å². The van der Waals surface area contributed by atoms with Crippen LogP contribution in [0.4, 0.5) is 20.4 Å². The average molecular weight is 900 g/mol. The van der Waals surface area contributed by atoms with Gasteiger partial charge < -0.3 is 19.7 Å². The molecule has 314 valence electrons. The third-order valence-corrected chi connectivity index (χ3v) is 10.9. The molecule has 2 N–H and O–H groups in total. The summed E-state index contributed by atoms with van der Waals surface area (Å²) in [6.07, 6.45) is 2.27. The first-order valence-corrected chi connectivity index (χ1v) is 22.1. The molecule has 0 spiro atoms. The van der Waals surface area contributed by atoms with E-state index < -0.39 is 32.8 Å². The first-order valence-electron chi connectivity index (χ1n) is 17.7. The Morgan fingerprint density at radius 1 is 0.650 bits per heavy atom. The van der Waals surface area contributed by atoms with Crippen molar-refractivity contribution >= 4 is 54.9 Å². The van der Waals surface area contributed by atoms with Gasteiger partial charge in [-0.25, -0.2) is 35.6 Å². The van der Waals surface area contributed by atoms with Crippen LogP contribution in [0.1, 0.15) is 0 Å². The van der Waals surface area contributed by atoms with E-state index in [0.717, 1.165) is 26.7 Å². The maximum Gasteiger partial charge on any atom is 0.233 e. The Labute approximate surface area is 356 Å². The number of nitrogens with zero attached hydrogens (tertiary/aromatic N) is 4. The number of sulfonamides is 2. The van der Waals surface area contributed by atoms with Crippen LogP contribution in [0.3, 0.4) is 0 Å². The predicted octanol–water partition coefficient (Wildman–Crippen LogP) is 8.74. The summed E-state index contributed by atoms with van der Waals surface area (Å²) in [4.78, 5) is 8.81. The molecule has 0 radical (unpaired) electrons. The fourth-order valence-electron chi connectivity index (χ4n) is 5.35. The van der Waals surface area contributed by atoms with Gasteiger partial charge in [-0.05, 0) is 109 Å². The van der Waals surface area contributed by atoms with Crippen LogP contribution in [0, 0.1) is 11.6 Å². The van der Waals surface area contributed by atoms with Crippen molar-refractivity contribution in [1.82, 2.24) is 9.97 Å². The lowest BCUT2D eigenvalue weighted by Crippen LogP contribution is -2.38. The molecule has 6 rings (SSSR count). The van der Waals surface area contributed by atoms with Crippen LogP contribution in [0.5, 0.6) is 23.0 Å². The molecule has 1 atom stereocenters. The number of anilines is 2. The standard InChI is InChI=1S/C21H20ClFN2O5S.C21H18ClFN2O3S/c1-31(28,29)25(12-17(27)13-26)21-11-15(22)10-20(24-21)14-2-6-18(7-3-14)30-19-8-4-16(23)5-9-19;1-3-12-25(29(2,26)27)21-14-16(22)13-20(24-21)15-4-8-18(9-5-15)28-19-10-6-17(23)7-11-19/h2-11,17,26-27H,12-13H2,1H3;3-11,13-14H,1,12H2,2H3/t17-;/m0./s1. The van der Waals surface area contributed by atoms with Crippen molar-refractivity contribution in [2.75, 3.05) is 40.8 Å². The normalized spacial score (nSPS) is 11.8. The molecule has 0 aliphatic rings. The van der Waals surface area contributed by atoms with Gasteiger partial charge in [0.25, 0.3) is 0 Å². The van der Waals surface area contributed by atoms with Crippen LogP contribution in [-0.2, 0) is 20.0 Å². The minimum absolute atomic E-state index is 0.0177. The number of aromatic nitrogens is 2. The zero-order valence-electron chi connectivity index (χ0n) is 32.0. The van der Waals surface area contributed by atoms with Gasteiger partial charge in [0.2, 0.25) is 20.0 Å². The quantitative estimate of drug-likeness (QED) is 0.0955. The van der Waals surface area contributed by atoms with Crippen LogP contribution in [0.25, 0.3) is 22.5 Å². The largest absolute Gasteiger partial charge is 0.457 e. The number of halogens is 4. The summed E-state index contributed by atoms with van der Waals surface area (Å²) in [5.41, 5.74) is 2.29. The van der Waals surface area contributed by atoms with Crippen molar-refractivity contribution in [1.29, 1.82) is 0 Å². The number of aliphatic hydroxyl groups excluding tert-OH is 2. The highest BCUT2D eigenvalue weighted by Gasteiger charge is 2.23. The van der Waals surface area contributed by atoms with Crippen molar-refractivity contribution in [3.8, 4) is 45.5 Å². The summed E-state index contributed by atoms with van der Waals surface area (Å²) in [7, 11) is -7.33. The van der Waals surface area contributed by atoms with Gasteiger partial charge in [0, 0.05) is 33.3 Å². The first kappa shape index (κ1) is 45.5. The van der Waals surface area contributed by atoms with E-state index in [1.165, 1.54) is 66.7 Å². The third-order valence-electron chi connectivity index (χ3n) is 8.15. The maximum atomic E-state index is 13.0. The summed E-state index contributed by atoms with van der Waals surface area (Å²) in [5.74, 6) is 1.59. The second-order valence-electron chi connectivity index (χ2n) is 12.9. The fraction of sp³-hybridized carbons (Fsp3) is 0.143. The molecule has 2 heterocycles. The number of hydrogen-bond acceptors (Lipinski definition) is 10. The first-order chi connectivity index (χ1) is 28.4. The molecular weight excluding hydrogens is 862 g/mol. The van der Waals surface area contributed by atoms with Crippen LogP contribution < -0.4 is 18.1 Å². The molecule has 0 aliphatic carbocycles. The van der Waals surface area contributed by atoms with Crippen LogP contribution >= 0.6 is 23.2 Å². The minimum Gasteiger partial charge on any atom is -0.457 e. The second kappa shape index (κ2) is 20.1. The molecule has 2 aromatic heterocycles. The second-order valence-corrected chi connectivity index (χ2v) is 17.6. The minimum atomic E-state index is -3.79. The van der Waals surface area contributed by atoms with Gasteiger partial charge in [0.1, 0.15) is 46.3 Å². The summed E-state index contributed by atoms with van der Waals surface area (Å²) in [6, 6.07) is 31.2. The van der Waals surface area contributed by atoms with Crippen molar-refractivity contribution in [2.24, 2.45) is 0 Å². The van der Waals surface area contributed by atoms with Gasteiger partial charge in [-0.1, -0.05) is 29.3 Å². The zero-order chi connectivity index (χ0) is 43.6. The molecule has 0 saturated carbocycles. The van der Waals surface area contributed by atoms with Crippen molar-refractivity contribution < 1.29 is 45.3 Å². The number of aliphatic hydroxyl groups is 2. The molecular formula is C42H38Cl2F2N4O8S2. The topological polar surface area (TPSA) is 159 Å². The summed E-state index contributed by atoms with van der Waals surface area (Å²) in [5, 5.41) is 19.4. The van der Waals surface area contributed by atoms with Gasteiger partial charge in [-0.2, -0.15) is 0 Å². The van der Waals surface area contributed by atoms with Gasteiger partial charge in [0.05, 0.1) is 49.7 Å². The summed E-state index contributed by atoms with van der Waals surface area (Å²) in [6.45, 7) is 2.70. The van der Waals surface area contributed by atoms with E-state index in [4.69, 9.17) is 37.8 Å². The molecule has 0 unspecified atom stereocenters. The Morgan fingerprint density at radius 3 is 1.33 bits per heavy atom. The fourth-order valence-corrected chi connectivity index (χ4v) is 7.43. The Morgan fingerprint density at radius 2 is 1.00 bits per heavy atom. The number of hydrogen-bond donors (Lipinski definition) is 2. The van der Waals surface area contributed by atoms with E-state index in [2.05, 4.69) is 16.5 Å². The van der Waals surface area contributed by atoms with Crippen molar-refractivity contribution in [2.45, 2.75) is 6.10 Å². The molecule has 60 heavy (non-hydrogen) atoms. The number of benzene rings is 4. The van der Waals surface area contributed by atoms with E-state index in [-0.39, 0.29) is 41.4 Å². The SMILES string of the molecule is C=CCN(c1cc(Cl)cc(-c2ccc(Oc3ccc(F)cc3)cc2)n1)S(C)(=O)=O.CS(=O)(=O)N(C[C@H](O)CO)c1cc(Cl)cc(-c2ccc(Oc3ccc(F)cc3)cc2)n1. The lowest BCUT2D eigenvalue weighted by atomic mass is 10.1. The van der Waals surface area contributed by atoms with Crippen molar-refractivity contribution in [3.63, 3.8) is 0 Å². The highest BCUT2D eigenvalue weighted by molar-refractivity contribution is 7.92. The molecule has 0 fully saturated rings. The number of pyridine rings is 2. The van der Waals surface area contributed by atoms with Gasteiger partial charge in [-0.15, -0.1) is 6.58 Å². The smallest absolute Gasteiger partial charge is 0.233 e. The summed E-state index contributed by atoms with van der Waals surface area (Å²) < 4.78 is 87.9. The highest BCUT2D eigenvalue weighted by atomic mass is 35.5. The van der Waals surface area contributed by atoms with Crippen LogP contribution in [0.15, 0.2) is 134 Å². The molecule has 4 aromatic carbocycles. The highest BCUT2D eigenvalue weighted by Crippen LogP contribution is 2.31. The number of ether oxygens (including phenoxy) is 2. The van der Waals surface area contributed by atoms with Gasteiger partial charge in [-0.3, -0.25) is 8.61 Å². The molecule has 0 aliphatic heterocycles. The van der Waals surface area contributed by atoms with E-state index in [1.54, 1.807) is 60.7 Å².